The van der Waals surface area contributed by atoms with Crippen LogP contribution in [0.15, 0.2) is 0 Å². The predicted octanol–water partition coefficient (Wildman–Crippen LogP) is 3.18. The predicted molar refractivity (Wildman–Crippen MR) is 62.5 cm³/mol. The number of nitrogens with zero attached hydrogens (tertiary/aromatic N) is 1. The second-order valence-electron chi connectivity index (χ2n) is 6.83. The fourth-order valence-corrected chi connectivity index (χ4v) is 4.04. The van der Waals surface area contributed by atoms with E-state index in [4.69, 9.17) is 0 Å². The molecule has 2 fully saturated rings. The lowest BCUT2D eigenvalue weighted by Crippen LogP contribution is -2.68. The number of fused-ring (bicyclic) bond motifs is 1. The fraction of sp³-hybridized carbons (Fsp3) is 0.857. The van der Waals surface area contributed by atoms with Crippen LogP contribution in [-0.4, -0.2) is 5.78 Å². The Morgan fingerprint density at radius 3 is 2.38 bits per heavy atom. The molecular weight excluding hydrogens is 198 g/mol. The van der Waals surface area contributed by atoms with Crippen LogP contribution in [0.2, 0.25) is 0 Å². The molecule has 2 aliphatic rings. The molecule has 2 aliphatic carbocycles. The van der Waals surface area contributed by atoms with Crippen molar-refractivity contribution in [2.75, 3.05) is 0 Å². The minimum atomic E-state index is -0.689. The van der Waals surface area contributed by atoms with Gasteiger partial charge in [0.15, 0.2) is 5.78 Å². The minimum Gasteiger partial charge on any atom is -0.297 e. The minimum absolute atomic E-state index is 0.141. The monoisotopic (exact) mass is 219 g/mol. The summed E-state index contributed by atoms with van der Waals surface area (Å²) in [6.07, 6.45) is 1.94. The molecular formula is C14H21NO. The summed E-state index contributed by atoms with van der Waals surface area (Å²) in [5.41, 5.74) is -0.857. The first-order chi connectivity index (χ1) is 7.21. The van der Waals surface area contributed by atoms with E-state index in [0.717, 1.165) is 12.8 Å². The molecule has 0 aromatic heterocycles. The summed E-state index contributed by atoms with van der Waals surface area (Å²) in [6, 6.07) is 2.38. The number of Topliss-reactive ketones (excluding diaryl/α,β-unsaturated/α-hetero) is 1. The van der Waals surface area contributed by atoms with E-state index < -0.39 is 5.41 Å². The van der Waals surface area contributed by atoms with Crippen LogP contribution in [0.3, 0.4) is 0 Å². The molecule has 88 valence electrons. The molecule has 2 nitrogen and oxygen atoms in total. The van der Waals surface area contributed by atoms with Gasteiger partial charge in [0.2, 0.25) is 0 Å². The highest BCUT2D eigenvalue weighted by molar-refractivity contribution is 5.95. The van der Waals surface area contributed by atoms with Crippen molar-refractivity contribution in [1.29, 1.82) is 5.26 Å². The van der Waals surface area contributed by atoms with E-state index in [2.05, 4.69) is 26.8 Å². The third-order valence-corrected chi connectivity index (χ3v) is 5.48. The van der Waals surface area contributed by atoms with E-state index in [9.17, 15) is 10.1 Å². The average Bonchev–Trinajstić information content (AvgIpc) is 2.21. The van der Waals surface area contributed by atoms with Crippen molar-refractivity contribution in [1.82, 2.24) is 0 Å². The summed E-state index contributed by atoms with van der Waals surface area (Å²) in [5, 5.41) is 9.51. The Kier molecular flexibility index (Phi) is 2.10. The van der Waals surface area contributed by atoms with Crippen LogP contribution in [-0.2, 0) is 4.79 Å². The molecule has 16 heavy (non-hydrogen) atoms. The van der Waals surface area contributed by atoms with Gasteiger partial charge in [-0.1, -0.05) is 34.6 Å². The lowest BCUT2D eigenvalue weighted by atomic mass is 9.35. The SMILES string of the molecule is CC1C(C)(C)[C@H]2CCC(C)(C)C(=O)[C@]12C#N. The van der Waals surface area contributed by atoms with Crippen LogP contribution in [0.5, 0.6) is 0 Å². The first-order valence-electron chi connectivity index (χ1n) is 6.17. The fourth-order valence-electron chi connectivity index (χ4n) is 4.04. The summed E-state index contributed by atoms with van der Waals surface area (Å²) in [7, 11) is 0. The molecule has 2 heteroatoms. The second-order valence-corrected chi connectivity index (χ2v) is 6.83. The number of hydrogen-bond acceptors (Lipinski definition) is 2. The van der Waals surface area contributed by atoms with Crippen molar-refractivity contribution < 1.29 is 4.79 Å². The number of carbonyl (C=O) groups is 1. The number of nitriles is 1. The zero-order valence-electron chi connectivity index (χ0n) is 10.9. The third-order valence-electron chi connectivity index (χ3n) is 5.48. The molecule has 0 aromatic carbocycles. The first-order valence-corrected chi connectivity index (χ1v) is 6.17. The molecule has 0 aliphatic heterocycles. The Morgan fingerprint density at radius 1 is 1.31 bits per heavy atom. The molecule has 0 bridgehead atoms. The zero-order chi connectivity index (χ0) is 12.4. The molecule has 0 radical (unpaired) electrons. The van der Waals surface area contributed by atoms with Crippen LogP contribution in [0.25, 0.3) is 0 Å². The quantitative estimate of drug-likeness (QED) is 0.628. The van der Waals surface area contributed by atoms with Crippen molar-refractivity contribution in [3.8, 4) is 6.07 Å². The summed E-state index contributed by atoms with van der Waals surface area (Å²) in [4.78, 5) is 12.5. The van der Waals surface area contributed by atoms with Crippen LogP contribution in [0, 0.1) is 39.4 Å². The molecule has 0 spiro atoms. The van der Waals surface area contributed by atoms with Crippen molar-refractivity contribution in [3.05, 3.63) is 0 Å². The van der Waals surface area contributed by atoms with Crippen LogP contribution < -0.4 is 0 Å². The second kappa shape index (κ2) is 2.88. The molecule has 2 saturated carbocycles. The average molecular weight is 219 g/mol. The zero-order valence-corrected chi connectivity index (χ0v) is 10.9. The molecule has 0 saturated heterocycles. The molecule has 0 heterocycles. The van der Waals surface area contributed by atoms with Gasteiger partial charge < -0.3 is 0 Å². The van der Waals surface area contributed by atoms with Crippen molar-refractivity contribution in [2.24, 2.45) is 28.1 Å². The Morgan fingerprint density at radius 2 is 1.88 bits per heavy atom. The standard InChI is InChI=1S/C14H21NO/c1-9-13(4,5)10-6-7-12(2,3)11(16)14(9,10)8-15/h9-10H,6-7H2,1-5H3/t9?,10-,14-/m1/s1. The maximum absolute atomic E-state index is 12.5. The first kappa shape index (κ1) is 11.6. The van der Waals surface area contributed by atoms with E-state index in [1.807, 2.05) is 13.8 Å². The lowest BCUT2D eigenvalue weighted by molar-refractivity contribution is -0.191. The highest BCUT2D eigenvalue weighted by Gasteiger charge is 2.71. The van der Waals surface area contributed by atoms with E-state index in [0.29, 0.717) is 0 Å². The highest BCUT2D eigenvalue weighted by atomic mass is 16.1. The molecule has 1 unspecified atom stereocenters. The maximum Gasteiger partial charge on any atom is 0.159 e. The Hall–Kier alpha value is -0.840. The van der Waals surface area contributed by atoms with Gasteiger partial charge in [0.25, 0.3) is 0 Å². The van der Waals surface area contributed by atoms with Crippen molar-refractivity contribution in [3.63, 3.8) is 0 Å². The van der Waals surface area contributed by atoms with Gasteiger partial charge in [0.1, 0.15) is 5.41 Å². The summed E-state index contributed by atoms with van der Waals surface area (Å²) in [5.74, 6) is 0.633. The van der Waals surface area contributed by atoms with Crippen molar-refractivity contribution >= 4 is 5.78 Å². The molecule has 0 N–H and O–H groups in total. The highest BCUT2D eigenvalue weighted by Crippen LogP contribution is 2.69. The summed E-state index contributed by atoms with van der Waals surface area (Å²) >= 11 is 0. The number of rotatable bonds is 0. The molecule has 0 amide bonds. The third kappa shape index (κ3) is 0.998. The van der Waals surface area contributed by atoms with Gasteiger partial charge in [-0.25, -0.2) is 0 Å². The summed E-state index contributed by atoms with van der Waals surface area (Å²) in [6.45, 7) is 10.4. The largest absolute Gasteiger partial charge is 0.297 e. The molecule has 2 rings (SSSR count). The van der Waals surface area contributed by atoms with E-state index >= 15 is 0 Å². The maximum atomic E-state index is 12.5. The summed E-state index contributed by atoms with van der Waals surface area (Å²) < 4.78 is 0. The van der Waals surface area contributed by atoms with Crippen LogP contribution in [0.1, 0.15) is 47.5 Å². The topological polar surface area (TPSA) is 40.9 Å². The molecule has 0 aromatic rings. The van der Waals surface area contributed by atoms with Crippen LogP contribution >= 0.6 is 0 Å². The van der Waals surface area contributed by atoms with Gasteiger partial charge in [0, 0.05) is 5.41 Å². The van der Waals surface area contributed by atoms with Gasteiger partial charge in [-0.05, 0) is 30.1 Å². The van der Waals surface area contributed by atoms with E-state index in [1.54, 1.807) is 0 Å². The van der Waals surface area contributed by atoms with Gasteiger partial charge in [0.05, 0.1) is 6.07 Å². The van der Waals surface area contributed by atoms with E-state index in [-0.39, 0.29) is 28.4 Å². The van der Waals surface area contributed by atoms with Crippen molar-refractivity contribution in [2.45, 2.75) is 47.5 Å². The Balaban J connectivity index is 2.48. The Bertz CT molecular complexity index is 388. The van der Waals surface area contributed by atoms with E-state index in [1.165, 1.54) is 0 Å². The number of hydrogen-bond donors (Lipinski definition) is 0. The smallest absolute Gasteiger partial charge is 0.159 e. The van der Waals surface area contributed by atoms with Crippen LogP contribution in [0.4, 0.5) is 0 Å². The molecule has 3 atom stereocenters. The lowest BCUT2D eigenvalue weighted by Gasteiger charge is -2.65. The van der Waals surface area contributed by atoms with Gasteiger partial charge in [-0.3, -0.25) is 4.79 Å². The number of ketones is 1. The normalized spacial score (nSPS) is 44.1. The van der Waals surface area contributed by atoms with Gasteiger partial charge in [-0.2, -0.15) is 5.26 Å². The van der Waals surface area contributed by atoms with Gasteiger partial charge in [-0.15, -0.1) is 0 Å². The number of carbonyl (C=O) groups excluding carboxylic acids is 1. The Labute approximate surface area is 98.0 Å². The van der Waals surface area contributed by atoms with Gasteiger partial charge >= 0.3 is 0 Å².